The van der Waals surface area contributed by atoms with Gasteiger partial charge in [0.05, 0.1) is 25.8 Å². The predicted molar refractivity (Wildman–Crippen MR) is 88.1 cm³/mol. The van der Waals surface area contributed by atoms with Crippen molar-refractivity contribution in [1.82, 2.24) is 9.88 Å². The molecule has 1 aliphatic heterocycles. The molecule has 1 aromatic carbocycles. The minimum Gasteiger partial charge on any atom is -0.497 e. The average molecular weight is 314 g/mol. The number of likely N-dealkylation sites (tertiary alicyclic amines) is 1. The number of nitrogens with one attached hydrogen (secondary N) is 1. The van der Waals surface area contributed by atoms with Crippen molar-refractivity contribution in [3.8, 4) is 11.5 Å². The van der Waals surface area contributed by atoms with E-state index in [9.17, 15) is 4.79 Å². The minimum absolute atomic E-state index is 0.0395. The van der Waals surface area contributed by atoms with Crippen LogP contribution in [0.2, 0.25) is 0 Å². The first-order valence-corrected chi connectivity index (χ1v) is 7.82. The maximum atomic E-state index is 12.9. The van der Waals surface area contributed by atoms with E-state index in [0.29, 0.717) is 0 Å². The second-order valence-electron chi connectivity index (χ2n) is 5.82. The Morgan fingerprint density at radius 1 is 1.26 bits per heavy atom. The molecule has 1 saturated heterocycles. The zero-order valence-corrected chi connectivity index (χ0v) is 13.8. The molecular formula is C18H22N2O3. The van der Waals surface area contributed by atoms with Crippen molar-refractivity contribution < 1.29 is 14.3 Å². The Hall–Kier alpha value is -2.43. The number of aromatic nitrogens is 1. The summed E-state index contributed by atoms with van der Waals surface area (Å²) in [6, 6.07) is 5.83. The standard InChI is InChI=1S/C18H22N2O3/c1-12-10-19-11-15(12)18(21)20-8-4-5-16(20)14-7-6-13(22-2)9-17(14)23-3/h6-7,9-11,16,19H,4-5,8H2,1-3H3/t16-/m0/s1. The van der Waals surface area contributed by atoms with Gasteiger partial charge in [0.25, 0.3) is 5.91 Å². The van der Waals surface area contributed by atoms with Crippen LogP contribution >= 0.6 is 0 Å². The molecule has 1 amide bonds. The number of ether oxygens (including phenoxy) is 2. The molecule has 0 spiro atoms. The van der Waals surface area contributed by atoms with Crippen LogP contribution in [0.1, 0.15) is 40.4 Å². The molecule has 2 aromatic rings. The number of hydrogen-bond donors (Lipinski definition) is 1. The van der Waals surface area contributed by atoms with E-state index in [4.69, 9.17) is 9.47 Å². The average Bonchev–Trinajstić information content (AvgIpc) is 3.22. The lowest BCUT2D eigenvalue weighted by Gasteiger charge is -2.26. The van der Waals surface area contributed by atoms with E-state index < -0.39 is 0 Å². The zero-order chi connectivity index (χ0) is 16.4. The van der Waals surface area contributed by atoms with Crippen molar-refractivity contribution in [2.45, 2.75) is 25.8 Å². The van der Waals surface area contributed by atoms with Gasteiger partial charge < -0.3 is 19.4 Å². The first-order chi connectivity index (χ1) is 11.2. The molecule has 0 aliphatic carbocycles. The van der Waals surface area contributed by atoms with Gasteiger partial charge in [0.2, 0.25) is 0 Å². The predicted octanol–water partition coefficient (Wildman–Crippen LogP) is 3.32. The number of aromatic amines is 1. The third-order valence-corrected chi connectivity index (χ3v) is 4.50. The first-order valence-electron chi connectivity index (χ1n) is 7.82. The number of aryl methyl sites for hydroxylation is 1. The fourth-order valence-electron chi connectivity index (χ4n) is 3.25. The third-order valence-electron chi connectivity index (χ3n) is 4.50. The van der Waals surface area contributed by atoms with Crippen LogP contribution in [0.3, 0.4) is 0 Å². The van der Waals surface area contributed by atoms with Gasteiger partial charge in [-0.2, -0.15) is 0 Å². The van der Waals surface area contributed by atoms with E-state index in [-0.39, 0.29) is 11.9 Å². The Kier molecular flexibility index (Phi) is 4.28. The maximum absolute atomic E-state index is 12.9. The SMILES string of the molecule is COc1ccc([C@@H]2CCCN2C(=O)c2c[nH]cc2C)c(OC)c1. The maximum Gasteiger partial charge on any atom is 0.256 e. The monoisotopic (exact) mass is 314 g/mol. The Labute approximate surface area is 136 Å². The highest BCUT2D eigenvalue weighted by atomic mass is 16.5. The fraction of sp³-hybridized carbons (Fsp3) is 0.389. The number of benzene rings is 1. The van der Waals surface area contributed by atoms with Crippen molar-refractivity contribution >= 4 is 5.91 Å². The van der Waals surface area contributed by atoms with Crippen molar-refractivity contribution in [2.75, 3.05) is 20.8 Å². The Bertz CT molecular complexity index is 708. The highest BCUT2D eigenvalue weighted by Gasteiger charge is 2.33. The minimum atomic E-state index is 0.0395. The van der Waals surface area contributed by atoms with E-state index in [1.807, 2.05) is 36.2 Å². The molecule has 23 heavy (non-hydrogen) atoms. The van der Waals surface area contributed by atoms with Crippen LogP contribution in [0, 0.1) is 6.92 Å². The Morgan fingerprint density at radius 3 is 2.74 bits per heavy atom. The number of amides is 1. The molecule has 5 heteroatoms. The summed E-state index contributed by atoms with van der Waals surface area (Å²) in [5.41, 5.74) is 2.75. The largest absolute Gasteiger partial charge is 0.497 e. The zero-order valence-electron chi connectivity index (χ0n) is 13.8. The lowest BCUT2D eigenvalue weighted by atomic mass is 10.0. The second kappa shape index (κ2) is 6.36. The van der Waals surface area contributed by atoms with Crippen molar-refractivity contribution in [3.63, 3.8) is 0 Å². The summed E-state index contributed by atoms with van der Waals surface area (Å²) in [5, 5.41) is 0. The number of carbonyl (C=O) groups is 1. The first kappa shape index (κ1) is 15.5. The summed E-state index contributed by atoms with van der Waals surface area (Å²) >= 11 is 0. The molecule has 1 aliphatic rings. The van der Waals surface area contributed by atoms with Gasteiger partial charge >= 0.3 is 0 Å². The Balaban J connectivity index is 1.93. The molecule has 0 unspecified atom stereocenters. The van der Waals surface area contributed by atoms with E-state index in [1.54, 1.807) is 20.4 Å². The molecule has 1 aromatic heterocycles. The van der Waals surface area contributed by atoms with Crippen molar-refractivity contribution in [3.05, 3.63) is 47.3 Å². The number of carbonyl (C=O) groups excluding carboxylic acids is 1. The highest BCUT2D eigenvalue weighted by Crippen LogP contribution is 2.39. The summed E-state index contributed by atoms with van der Waals surface area (Å²) in [6.45, 7) is 2.71. The number of nitrogens with zero attached hydrogens (tertiary/aromatic N) is 1. The lowest BCUT2D eigenvalue weighted by Crippen LogP contribution is -2.30. The van der Waals surface area contributed by atoms with E-state index in [0.717, 1.165) is 47.6 Å². The second-order valence-corrected chi connectivity index (χ2v) is 5.82. The van der Waals surface area contributed by atoms with Gasteiger partial charge in [-0.3, -0.25) is 4.79 Å². The van der Waals surface area contributed by atoms with Crippen LogP contribution < -0.4 is 9.47 Å². The van der Waals surface area contributed by atoms with Gasteiger partial charge in [-0.05, 0) is 37.5 Å². The molecule has 3 rings (SSSR count). The quantitative estimate of drug-likeness (QED) is 0.942. The Morgan fingerprint density at radius 2 is 2.09 bits per heavy atom. The molecule has 122 valence electrons. The van der Waals surface area contributed by atoms with Crippen molar-refractivity contribution in [1.29, 1.82) is 0 Å². The number of rotatable bonds is 4. The number of H-pyrrole nitrogens is 1. The van der Waals surface area contributed by atoms with Gasteiger partial charge in [-0.25, -0.2) is 0 Å². The molecule has 5 nitrogen and oxygen atoms in total. The topological polar surface area (TPSA) is 54.6 Å². The summed E-state index contributed by atoms with van der Waals surface area (Å²) < 4.78 is 10.8. The molecule has 2 heterocycles. The summed E-state index contributed by atoms with van der Waals surface area (Å²) in [4.78, 5) is 17.8. The van der Waals surface area contributed by atoms with Crippen molar-refractivity contribution in [2.24, 2.45) is 0 Å². The van der Waals surface area contributed by atoms with Crippen LogP contribution in [0.15, 0.2) is 30.6 Å². The van der Waals surface area contributed by atoms with Gasteiger partial charge in [0, 0.05) is 30.6 Å². The molecule has 1 atom stereocenters. The number of hydrogen-bond acceptors (Lipinski definition) is 3. The van der Waals surface area contributed by atoms with Gasteiger partial charge in [0.1, 0.15) is 11.5 Å². The van der Waals surface area contributed by atoms with Crippen LogP contribution in [0.4, 0.5) is 0 Å². The van der Waals surface area contributed by atoms with E-state index in [2.05, 4.69) is 4.98 Å². The molecule has 1 N–H and O–H groups in total. The van der Waals surface area contributed by atoms with E-state index in [1.165, 1.54) is 0 Å². The molecule has 0 bridgehead atoms. The van der Waals surface area contributed by atoms with Crippen LogP contribution in [0.5, 0.6) is 11.5 Å². The molecule has 0 saturated carbocycles. The molecular weight excluding hydrogens is 292 g/mol. The molecule has 1 fully saturated rings. The summed E-state index contributed by atoms with van der Waals surface area (Å²) in [6.07, 6.45) is 5.57. The van der Waals surface area contributed by atoms with Crippen LogP contribution in [-0.2, 0) is 0 Å². The normalized spacial score (nSPS) is 17.3. The molecule has 0 radical (unpaired) electrons. The summed E-state index contributed by atoms with van der Waals surface area (Å²) in [7, 11) is 3.28. The lowest BCUT2D eigenvalue weighted by molar-refractivity contribution is 0.0733. The third kappa shape index (κ3) is 2.79. The fourth-order valence-corrected chi connectivity index (χ4v) is 3.25. The van der Waals surface area contributed by atoms with Crippen LogP contribution in [-0.4, -0.2) is 36.6 Å². The summed E-state index contributed by atoms with van der Waals surface area (Å²) in [5.74, 6) is 1.59. The van der Waals surface area contributed by atoms with E-state index >= 15 is 0 Å². The van der Waals surface area contributed by atoms with Crippen LogP contribution in [0.25, 0.3) is 0 Å². The smallest absolute Gasteiger partial charge is 0.256 e. The van der Waals surface area contributed by atoms with Gasteiger partial charge in [-0.1, -0.05) is 0 Å². The van der Waals surface area contributed by atoms with Gasteiger partial charge in [-0.15, -0.1) is 0 Å². The number of methoxy groups -OCH3 is 2. The van der Waals surface area contributed by atoms with Gasteiger partial charge in [0.15, 0.2) is 0 Å². The highest BCUT2D eigenvalue weighted by molar-refractivity contribution is 5.96.